The second-order valence-electron chi connectivity index (χ2n) is 4.91. The number of carbonyl (C=O) groups is 1. The molecule has 1 rings (SSSR count). The molecule has 1 saturated heterocycles. The van der Waals surface area contributed by atoms with Crippen LogP contribution in [0.15, 0.2) is 37.0 Å². The molecule has 4 nitrogen and oxygen atoms in total. The summed E-state index contributed by atoms with van der Waals surface area (Å²) in [5.74, 6) is 0.212. The third-order valence-electron chi connectivity index (χ3n) is 3.47. The number of likely N-dealkylation sites (N-methyl/N-ethyl adjacent to an activating group) is 1. The maximum atomic E-state index is 12.1. The molecule has 1 fully saturated rings. The van der Waals surface area contributed by atoms with Crippen LogP contribution in [0.1, 0.15) is 33.1 Å². The zero-order valence-electron chi connectivity index (χ0n) is 14.3. The first-order valence-electron chi connectivity index (χ1n) is 8.07. The quantitative estimate of drug-likeness (QED) is 0.552. The fraction of sp³-hybridized carbons (Fsp3) is 0.611. The Balaban J connectivity index is 0.00000211. The van der Waals surface area contributed by atoms with Crippen molar-refractivity contribution in [1.29, 1.82) is 0 Å². The molecule has 1 aliphatic rings. The van der Waals surface area contributed by atoms with Crippen molar-refractivity contribution in [3.8, 4) is 0 Å². The predicted molar refractivity (Wildman–Crippen MR) is 91.8 cm³/mol. The van der Waals surface area contributed by atoms with Crippen LogP contribution in [0, 0.1) is 5.92 Å². The SMILES string of the molecule is C=C/C=C(\C=C)CC(NC)C(=O)OCC1CCOCC1.CC. The van der Waals surface area contributed by atoms with E-state index >= 15 is 0 Å². The van der Waals surface area contributed by atoms with Gasteiger partial charge in [-0.05, 0) is 37.8 Å². The zero-order valence-corrected chi connectivity index (χ0v) is 14.3. The van der Waals surface area contributed by atoms with Crippen molar-refractivity contribution < 1.29 is 14.3 Å². The zero-order chi connectivity index (χ0) is 16.8. The van der Waals surface area contributed by atoms with Gasteiger partial charge in [0.05, 0.1) is 6.61 Å². The molecule has 0 aromatic carbocycles. The van der Waals surface area contributed by atoms with Gasteiger partial charge in [-0.25, -0.2) is 0 Å². The van der Waals surface area contributed by atoms with Gasteiger partial charge in [-0.1, -0.05) is 45.2 Å². The van der Waals surface area contributed by atoms with E-state index in [1.54, 1.807) is 19.2 Å². The molecule has 1 atom stereocenters. The molecule has 1 heterocycles. The topological polar surface area (TPSA) is 47.6 Å². The number of ether oxygens (including phenoxy) is 2. The van der Waals surface area contributed by atoms with Crippen molar-refractivity contribution in [2.24, 2.45) is 5.92 Å². The molecule has 0 spiro atoms. The fourth-order valence-corrected chi connectivity index (χ4v) is 2.12. The van der Waals surface area contributed by atoms with Gasteiger partial charge < -0.3 is 14.8 Å². The van der Waals surface area contributed by atoms with Crippen molar-refractivity contribution in [3.05, 3.63) is 37.0 Å². The highest BCUT2D eigenvalue weighted by Crippen LogP contribution is 2.16. The summed E-state index contributed by atoms with van der Waals surface area (Å²) < 4.78 is 10.7. The molecule has 0 aromatic rings. The van der Waals surface area contributed by atoms with Gasteiger partial charge in [0, 0.05) is 13.2 Å². The Labute approximate surface area is 135 Å². The minimum atomic E-state index is -0.348. The first-order chi connectivity index (χ1) is 10.7. The van der Waals surface area contributed by atoms with Crippen LogP contribution < -0.4 is 5.32 Å². The van der Waals surface area contributed by atoms with Crippen LogP contribution in [0.3, 0.4) is 0 Å². The number of carbonyl (C=O) groups excluding carboxylic acids is 1. The van der Waals surface area contributed by atoms with Gasteiger partial charge in [-0.2, -0.15) is 0 Å². The molecular formula is C18H31NO3. The van der Waals surface area contributed by atoms with Crippen LogP contribution in [-0.4, -0.2) is 38.9 Å². The lowest BCUT2D eigenvalue weighted by atomic mass is 10.0. The second-order valence-corrected chi connectivity index (χ2v) is 4.91. The van der Waals surface area contributed by atoms with E-state index in [1.807, 2.05) is 19.9 Å². The molecule has 1 aliphatic heterocycles. The van der Waals surface area contributed by atoms with Crippen molar-refractivity contribution in [1.82, 2.24) is 5.32 Å². The fourth-order valence-electron chi connectivity index (χ4n) is 2.12. The molecule has 0 radical (unpaired) electrons. The lowest BCUT2D eigenvalue weighted by molar-refractivity contribution is -0.148. The molecule has 4 heteroatoms. The molecule has 0 amide bonds. The average Bonchev–Trinajstić information content (AvgIpc) is 2.59. The Bertz CT molecular complexity index is 357. The molecule has 1 unspecified atom stereocenters. The summed E-state index contributed by atoms with van der Waals surface area (Å²) in [4.78, 5) is 12.1. The van der Waals surface area contributed by atoms with E-state index in [1.165, 1.54) is 0 Å². The highest BCUT2D eigenvalue weighted by atomic mass is 16.5. The maximum absolute atomic E-state index is 12.1. The highest BCUT2D eigenvalue weighted by molar-refractivity contribution is 5.76. The van der Waals surface area contributed by atoms with E-state index < -0.39 is 0 Å². The Morgan fingerprint density at radius 3 is 2.50 bits per heavy atom. The van der Waals surface area contributed by atoms with Crippen molar-refractivity contribution >= 4 is 5.97 Å². The summed E-state index contributed by atoms with van der Waals surface area (Å²) in [6.07, 6.45) is 7.76. The number of hydrogen-bond acceptors (Lipinski definition) is 4. The third-order valence-corrected chi connectivity index (χ3v) is 3.47. The van der Waals surface area contributed by atoms with Gasteiger partial charge in [0.2, 0.25) is 0 Å². The average molecular weight is 309 g/mol. The second kappa shape index (κ2) is 13.3. The standard InChI is InChI=1S/C16H25NO3.C2H6/c1-4-6-13(5-2)11-15(17-3)16(18)20-12-14-7-9-19-10-8-14;1-2/h4-6,14-15,17H,1-2,7-12H2,3H3;1-2H3/b13-6+;. The first-order valence-corrected chi connectivity index (χ1v) is 8.07. The van der Waals surface area contributed by atoms with Gasteiger partial charge in [0.1, 0.15) is 6.04 Å². The number of allylic oxidation sites excluding steroid dienone is 3. The van der Waals surface area contributed by atoms with Crippen LogP contribution >= 0.6 is 0 Å². The van der Waals surface area contributed by atoms with Crippen molar-refractivity contribution in [2.45, 2.75) is 39.2 Å². The van der Waals surface area contributed by atoms with Gasteiger partial charge >= 0.3 is 5.97 Å². The monoisotopic (exact) mass is 309 g/mol. The van der Waals surface area contributed by atoms with E-state index in [4.69, 9.17) is 9.47 Å². The highest BCUT2D eigenvalue weighted by Gasteiger charge is 2.21. The van der Waals surface area contributed by atoms with E-state index in [2.05, 4.69) is 18.5 Å². The Hall–Kier alpha value is -1.39. The summed E-state index contributed by atoms with van der Waals surface area (Å²) in [6.45, 7) is 13.4. The summed E-state index contributed by atoms with van der Waals surface area (Å²) >= 11 is 0. The molecule has 0 saturated carbocycles. The van der Waals surface area contributed by atoms with E-state index in [-0.39, 0.29) is 12.0 Å². The Kier molecular flexibility index (Phi) is 12.4. The van der Waals surface area contributed by atoms with Crippen molar-refractivity contribution in [3.63, 3.8) is 0 Å². The van der Waals surface area contributed by atoms with E-state index in [9.17, 15) is 4.79 Å². The number of rotatable bonds is 8. The third kappa shape index (κ3) is 8.15. The van der Waals surface area contributed by atoms with Gasteiger partial charge in [-0.3, -0.25) is 4.79 Å². The van der Waals surface area contributed by atoms with Crippen LogP contribution in [0.4, 0.5) is 0 Å². The summed E-state index contributed by atoms with van der Waals surface area (Å²) in [5, 5.41) is 2.99. The molecular weight excluding hydrogens is 278 g/mol. The van der Waals surface area contributed by atoms with Gasteiger partial charge in [-0.15, -0.1) is 0 Å². The van der Waals surface area contributed by atoms with Crippen LogP contribution in [-0.2, 0) is 14.3 Å². The molecule has 126 valence electrons. The summed E-state index contributed by atoms with van der Waals surface area (Å²) in [5.41, 5.74) is 0.961. The molecule has 1 N–H and O–H groups in total. The molecule has 0 aliphatic carbocycles. The minimum absolute atomic E-state index is 0.212. The minimum Gasteiger partial charge on any atom is -0.464 e. The smallest absolute Gasteiger partial charge is 0.323 e. The molecule has 22 heavy (non-hydrogen) atoms. The number of hydrogen-bond donors (Lipinski definition) is 1. The maximum Gasteiger partial charge on any atom is 0.323 e. The Morgan fingerprint density at radius 2 is 2.00 bits per heavy atom. The lowest BCUT2D eigenvalue weighted by Crippen LogP contribution is -2.37. The van der Waals surface area contributed by atoms with E-state index in [0.717, 1.165) is 31.6 Å². The number of esters is 1. The normalized spacial score (nSPS) is 17.0. The lowest BCUT2D eigenvalue weighted by Gasteiger charge is -2.23. The summed E-state index contributed by atoms with van der Waals surface area (Å²) in [7, 11) is 1.76. The van der Waals surface area contributed by atoms with E-state index in [0.29, 0.717) is 18.9 Å². The van der Waals surface area contributed by atoms with Gasteiger partial charge in [0.25, 0.3) is 0 Å². The van der Waals surface area contributed by atoms with Crippen LogP contribution in [0.2, 0.25) is 0 Å². The van der Waals surface area contributed by atoms with Crippen LogP contribution in [0.5, 0.6) is 0 Å². The molecule has 0 bridgehead atoms. The molecule has 0 aromatic heterocycles. The van der Waals surface area contributed by atoms with Crippen LogP contribution in [0.25, 0.3) is 0 Å². The van der Waals surface area contributed by atoms with Crippen molar-refractivity contribution in [2.75, 3.05) is 26.9 Å². The Morgan fingerprint density at radius 1 is 1.36 bits per heavy atom. The number of nitrogens with one attached hydrogen (secondary N) is 1. The van der Waals surface area contributed by atoms with Gasteiger partial charge in [0.15, 0.2) is 0 Å². The first kappa shape index (κ1) is 20.6. The summed E-state index contributed by atoms with van der Waals surface area (Å²) in [6, 6.07) is -0.348. The largest absolute Gasteiger partial charge is 0.464 e. The predicted octanol–water partition coefficient (Wildman–Crippen LogP) is 3.26.